The van der Waals surface area contributed by atoms with Gasteiger partial charge in [-0.3, -0.25) is 9.69 Å². The Morgan fingerprint density at radius 1 is 1.19 bits per heavy atom. The summed E-state index contributed by atoms with van der Waals surface area (Å²) in [7, 11) is 1.39. The maximum Gasteiger partial charge on any atom is 0.312 e. The minimum atomic E-state index is -0.913. The highest BCUT2D eigenvalue weighted by molar-refractivity contribution is 5.73. The summed E-state index contributed by atoms with van der Waals surface area (Å²) in [6.07, 6.45) is 4.18. The number of aliphatic hydroxyl groups excluding tert-OH is 1. The SMILES string of the molecule is CCC1CCCC(C)(c2cccc(O)c2)CCN1C[C@H](C(=O)OC)[C@@H](O)c1ccccc1. The molecule has 2 N–H and O–H groups in total. The first kappa shape index (κ1) is 24.3. The van der Waals surface area contributed by atoms with Crippen molar-refractivity contribution in [1.29, 1.82) is 0 Å². The number of ether oxygens (including phenoxy) is 1. The fourth-order valence-electron chi connectivity index (χ4n) is 5.07. The molecule has 1 heterocycles. The van der Waals surface area contributed by atoms with Gasteiger partial charge in [0.15, 0.2) is 0 Å². The van der Waals surface area contributed by atoms with E-state index in [1.54, 1.807) is 6.07 Å². The zero-order chi connectivity index (χ0) is 23.1. The van der Waals surface area contributed by atoms with Crippen LogP contribution in [0.5, 0.6) is 5.75 Å². The van der Waals surface area contributed by atoms with Gasteiger partial charge < -0.3 is 14.9 Å². The molecule has 4 atom stereocenters. The van der Waals surface area contributed by atoms with Crippen LogP contribution in [0.1, 0.15) is 63.2 Å². The maximum atomic E-state index is 12.7. The molecule has 5 nitrogen and oxygen atoms in total. The van der Waals surface area contributed by atoms with Crippen LogP contribution in [0.25, 0.3) is 0 Å². The third-order valence-corrected chi connectivity index (χ3v) is 7.20. The summed E-state index contributed by atoms with van der Waals surface area (Å²) in [5.41, 5.74) is 1.84. The Morgan fingerprint density at radius 2 is 1.94 bits per heavy atom. The highest BCUT2D eigenvalue weighted by Crippen LogP contribution is 2.38. The van der Waals surface area contributed by atoms with Crippen LogP contribution in [0.2, 0.25) is 0 Å². The molecule has 3 rings (SSSR count). The molecular formula is C27H37NO4. The predicted octanol–water partition coefficient (Wildman–Crippen LogP) is 4.83. The summed E-state index contributed by atoms with van der Waals surface area (Å²) in [6, 6.07) is 17.3. The molecule has 5 heteroatoms. The minimum Gasteiger partial charge on any atom is -0.508 e. The molecule has 0 amide bonds. The Bertz CT molecular complexity index is 871. The molecule has 0 bridgehead atoms. The van der Waals surface area contributed by atoms with Crippen LogP contribution in [-0.4, -0.2) is 47.3 Å². The first-order valence-electron chi connectivity index (χ1n) is 11.7. The molecule has 0 radical (unpaired) electrons. The molecule has 1 aliphatic rings. The number of likely N-dealkylation sites (tertiary alicyclic amines) is 1. The summed E-state index contributed by atoms with van der Waals surface area (Å²) < 4.78 is 5.09. The molecule has 174 valence electrons. The Kier molecular flexibility index (Phi) is 8.32. The van der Waals surface area contributed by atoms with Gasteiger partial charge in [0, 0.05) is 12.6 Å². The lowest BCUT2D eigenvalue weighted by atomic mass is 9.74. The van der Waals surface area contributed by atoms with Crippen molar-refractivity contribution in [1.82, 2.24) is 4.90 Å². The van der Waals surface area contributed by atoms with Gasteiger partial charge >= 0.3 is 5.97 Å². The minimum absolute atomic E-state index is 0.0471. The lowest BCUT2D eigenvalue weighted by molar-refractivity contribution is -0.151. The lowest BCUT2D eigenvalue weighted by Gasteiger charge is -2.41. The van der Waals surface area contributed by atoms with Crippen molar-refractivity contribution in [3.63, 3.8) is 0 Å². The van der Waals surface area contributed by atoms with Crippen molar-refractivity contribution in [2.45, 2.75) is 63.5 Å². The summed E-state index contributed by atoms with van der Waals surface area (Å²) in [5, 5.41) is 21.1. The van der Waals surface area contributed by atoms with Gasteiger partial charge in [-0.2, -0.15) is 0 Å². The van der Waals surface area contributed by atoms with Crippen LogP contribution in [0.3, 0.4) is 0 Å². The number of methoxy groups -OCH3 is 1. The van der Waals surface area contributed by atoms with E-state index in [1.165, 1.54) is 7.11 Å². The number of aromatic hydroxyl groups is 1. The summed E-state index contributed by atoms with van der Waals surface area (Å²) in [4.78, 5) is 15.1. The summed E-state index contributed by atoms with van der Waals surface area (Å²) in [5.74, 6) is -0.734. The fraction of sp³-hybridized carbons (Fsp3) is 0.519. The second-order valence-corrected chi connectivity index (χ2v) is 9.30. The summed E-state index contributed by atoms with van der Waals surface area (Å²) >= 11 is 0. The van der Waals surface area contributed by atoms with Crippen molar-refractivity contribution in [2.75, 3.05) is 20.2 Å². The smallest absolute Gasteiger partial charge is 0.312 e. The number of hydrogen-bond donors (Lipinski definition) is 2. The van der Waals surface area contributed by atoms with Crippen LogP contribution in [0, 0.1) is 5.92 Å². The molecule has 0 aliphatic carbocycles. The number of carbonyl (C=O) groups is 1. The Hall–Kier alpha value is -2.37. The van der Waals surface area contributed by atoms with E-state index < -0.39 is 12.0 Å². The number of aliphatic hydroxyl groups is 1. The fourth-order valence-corrected chi connectivity index (χ4v) is 5.07. The number of benzene rings is 2. The maximum absolute atomic E-state index is 12.7. The molecule has 2 aromatic carbocycles. The zero-order valence-electron chi connectivity index (χ0n) is 19.5. The van der Waals surface area contributed by atoms with Crippen molar-refractivity contribution in [2.24, 2.45) is 5.92 Å². The molecule has 32 heavy (non-hydrogen) atoms. The largest absolute Gasteiger partial charge is 0.508 e. The number of nitrogens with zero attached hydrogens (tertiary/aromatic N) is 1. The molecular weight excluding hydrogens is 402 g/mol. The van der Waals surface area contributed by atoms with Gasteiger partial charge in [0.2, 0.25) is 0 Å². The van der Waals surface area contributed by atoms with Crippen molar-refractivity contribution < 1.29 is 19.7 Å². The van der Waals surface area contributed by atoms with E-state index >= 15 is 0 Å². The first-order chi connectivity index (χ1) is 15.4. The van der Waals surface area contributed by atoms with Crippen molar-refractivity contribution in [3.8, 4) is 5.75 Å². The highest BCUT2D eigenvalue weighted by atomic mass is 16.5. The molecule has 0 spiro atoms. The highest BCUT2D eigenvalue weighted by Gasteiger charge is 2.36. The monoisotopic (exact) mass is 439 g/mol. The van der Waals surface area contributed by atoms with Gasteiger partial charge in [-0.15, -0.1) is 0 Å². The second kappa shape index (κ2) is 11.0. The van der Waals surface area contributed by atoms with Crippen molar-refractivity contribution >= 4 is 5.97 Å². The molecule has 1 saturated heterocycles. The number of phenolic OH excluding ortho intramolecular Hbond substituents is 1. The quantitative estimate of drug-likeness (QED) is 0.605. The number of carbonyl (C=O) groups excluding carboxylic acids is 1. The van der Waals surface area contributed by atoms with E-state index in [-0.39, 0.29) is 11.4 Å². The molecule has 2 aromatic rings. The average Bonchev–Trinajstić information content (AvgIpc) is 2.81. The van der Waals surface area contributed by atoms with E-state index in [0.29, 0.717) is 18.3 Å². The van der Waals surface area contributed by atoms with Gasteiger partial charge in [-0.25, -0.2) is 0 Å². The van der Waals surface area contributed by atoms with Crippen LogP contribution >= 0.6 is 0 Å². The Balaban J connectivity index is 1.83. The topological polar surface area (TPSA) is 70.0 Å². The first-order valence-corrected chi connectivity index (χ1v) is 11.7. The molecule has 2 unspecified atom stereocenters. The van der Waals surface area contributed by atoms with Gasteiger partial charge in [0.1, 0.15) is 5.75 Å². The van der Waals surface area contributed by atoms with Gasteiger partial charge in [-0.1, -0.05) is 62.7 Å². The predicted molar refractivity (Wildman–Crippen MR) is 126 cm³/mol. The number of hydrogen-bond acceptors (Lipinski definition) is 5. The molecule has 1 fully saturated rings. The molecule has 1 aliphatic heterocycles. The van der Waals surface area contributed by atoms with E-state index in [9.17, 15) is 15.0 Å². The van der Waals surface area contributed by atoms with Gasteiger partial charge in [-0.05, 0) is 60.9 Å². The van der Waals surface area contributed by atoms with E-state index in [4.69, 9.17) is 4.74 Å². The van der Waals surface area contributed by atoms with Crippen LogP contribution in [-0.2, 0) is 14.9 Å². The van der Waals surface area contributed by atoms with Crippen LogP contribution < -0.4 is 0 Å². The van der Waals surface area contributed by atoms with Crippen molar-refractivity contribution in [3.05, 3.63) is 65.7 Å². The standard InChI is InChI=1S/C27H37NO4/c1-4-22-13-9-15-27(2,21-12-8-14-23(29)18-21)16-17-28(22)19-24(26(31)32-3)25(30)20-10-6-5-7-11-20/h5-8,10-12,14,18,22,24-25,29-30H,4,9,13,15-17,19H2,1-3H3/t22?,24-,25-,27?/m0/s1. The number of phenols is 1. The second-order valence-electron chi connectivity index (χ2n) is 9.30. The summed E-state index contributed by atoms with van der Waals surface area (Å²) in [6.45, 7) is 5.73. The van der Waals surface area contributed by atoms with Gasteiger partial charge in [0.25, 0.3) is 0 Å². The van der Waals surface area contributed by atoms with Crippen LogP contribution in [0.15, 0.2) is 54.6 Å². The normalized spacial score (nSPS) is 24.2. The number of esters is 1. The lowest BCUT2D eigenvalue weighted by Crippen LogP contribution is -2.46. The third-order valence-electron chi connectivity index (χ3n) is 7.20. The molecule has 0 aromatic heterocycles. The Labute approximate surface area is 192 Å². The molecule has 0 saturated carbocycles. The average molecular weight is 440 g/mol. The zero-order valence-corrected chi connectivity index (χ0v) is 19.5. The Morgan fingerprint density at radius 3 is 2.59 bits per heavy atom. The van der Waals surface area contributed by atoms with E-state index in [1.807, 2.05) is 42.5 Å². The van der Waals surface area contributed by atoms with Crippen LogP contribution in [0.4, 0.5) is 0 Å². The third kappa shape index (κ3) is 5.70. The van der Waals surface area contributed by atoms with Gasteiger partial charge in [0.05, 0.1) is 19.1 Å². The number of rotatable bonds is 7. The van der Waals surface area contributed by atoms with E-state index in [0.717, 1.165) is 49.8 Å². The van der Waals surface area contributed by atoms with E-state index in [2.05, 4.69) is 24.8 Å².